The second kappa shape index (κ2) is 11.3. The minimum atomic E-state index is -4.07. The Hall–Kier alpha value is -3.07. The average molecular weight is 528 g/mol. The van der Waals surface area contributed by atoms with Crippen molar-refractivity contribution in [2.24, 2.45) is 0 Å². The van der Waals surface area contributed by atoms with Gasteiger partial charge in [0.25, 0.3) is 10.0 Å². The molecule has 1 heterocycles. The molecule has 1 aliphatic rings. The van der Waals surface area contributed by atoms with Crippen molar-refractivity contribution in [3.8, 4) is 5.75 Å². The van der Waals surface area contributed by atoms with Crippen molar-refractivity contribution in [1.29, 1.82) is 0 Å². The van der Waals surface area contributed by atoms with E-state index in [0.717, 1.165) is 16.4 Å². The Balaban J connectivity index is 1.55. The molecule has 0 radical (unpaired) electrons. The molecule has 0 unspecified atom stereocenters. The number of halogens is 1. The predicted molar refractivity (Wildman–Crippen MR) is 142 cm³/mol. The fourth-order valence-corrected chi connectivity index (χ4v) is 5.80. The summed E-state index contributed by atoms with van der Waals surface area (Å²) in [5, 5.41) is 0.344. The van der Waals surface area contributed by atoms with E-state index in [0.29, 0.717) is 37.0 Å². The molecule has 0 spiro atoms. The van der Waals surface area contributed by atoms with Crippen LogP contribution in [0.3, 0.4) is 0 Å². The molecule has 190 valence electrons. The SMILES string of the molecule is COc1ccc(Cl)cc1N(CC(=O)N1CCN(Cc2ccccc2)CC1)S(=O)(=O)c1ccc(C)cc1. The summed E-state index contributed by atoms with van der Waals surface area (Å²) in [5.41, 5.74) is 2.38. The average Bonchev–Trinajstić information content (AvgIpc) is 2.88. The predicted octanol–water partition coefficient (Wildman–Crippen LogP) is 4.20. The lowest BCUT2D eigenvalue weighted by molar-refractivity contribution is -0.131. The first-order chi connectivity index (χ1) is 17.3. The van der Waals surface area contributed by atoms with Gasteiger partial charge in [-0.25, -0.2) is 8.42 Å². The number of piperazine rings is 1. The van der Waals surface area contributed by atoms with Crippen molar-refractivity contribution in [2.75, 3.05) is 44.1 Å². The van der Waals surface area contributed by atoms with Gasteiger partial charge in [0.05, 0.1) is 17.7 Å². The van der Waals surface area contributed by atoms with E-state index < -0.39 is 10.0 Å². The number of carbonyl (C=O) groups is 1. The van der Waals surface area contributed by atoms with E-state index in [1.807, 2.05) is 25.1 Å². The van der Waals surface area contributed by atoms with Crippen molar-refractivity contribution < 1.29 is 17.9 Å². The molecule has 0 saturated carbocycles. The number of hydrogen-bond donors (Lipinski definition) is 0. The van der Waals surface area contributed by atoms with Crippen LogP contribution in [0.1, 0.15) is 11.1 Å². The van der Waals surface area contributed by atoms with Gasteiger partial charge in [-0.15, -0.1) is 0 Å². The van der Waals surface area contributed by atoms with E-state index >= 15 is 0 Å². The first-order valence-electron chi connectivity index (χ1n) is 11.7. The summed E-state index contributed by atoms with van der Waals surface area (Å²) in [7, 11) is -2.61. The van der Waals surface area contributed by atoms with Crippen LogP contribution in [-0.4, -0.2) is 64.0 Å². The molecule has 1 aliphatic heterocycles. The summed E-state index contributed by atoms with van der Waals surface area (Å²) in [5.74, 6) is 0.0441. The molecule has 3 aromatic carbocycles. The number of aryl methyl sites for hydroxylation is 1. The third-order valence-corrected chi connectivity index (χ3v) is 8.28. The number of benzene rings is 3. The fraction of sp³-hybridized carbons (Fsp3) is 0.296. The zero-order valence-corrected chi connectivity index (χ0v) is 22.0. The molecule has 0 atom stereocenters. The van der Waals surface area contributed by atoms with Crippen LogP contribution in [-0.2, 0) is 21.4 Å². The number of methoxy groups -OCH3 is 1. The summed E-state index contributed by atoms with van der Waals surface area (Å²) in [6, 6.07) is 21.5. The van der Waals surface area contributed by atoms with Gasteiger partial charge in [0.2, 0.25) is 5.91 Å². The zero-order valence-electron chi connectivity index (χ0n) is 20.4. The molecular formula is C27H30ClN3O4S. The minimum absolute atomic E-state index is 0.0932. The molecule has 0 bridgehead atoms. The number of sulfonamides is 1. The van der Waals surface area contributed by atoms with Crippen LogP contribution in [0.5, 0.6) is 5.75 Å². The van der Waals surface area contributed by atoms with Crippen LogP contribution in [0.25, 0.3) is 0 Å². The molecule has 36 heavy (non-hydrogen) atoms. The number of carbonyl (C=O) groups excluding carboxylic acids is 1. The topological polar surface area (TPSA) is 70.2 Å². The van der Waals surface area contributed by atoms with Gasteiger partial charge in [0, 0.05) is 37.7 Å². The number of anilines is 1. The van der Waals surface area contributed by atoms with Crippen LogP contribution in [0.15, 0.2) is 77.7 Å². The van der Waals surface area contributed by atoms with E-state index in [1.54, 1.807) is 41.3 Å². The first kappa shape index (κ1) is 26.0. The normalized spacial score (nSPS) is 14.5. The van der Waals surface area contributed by atoms with E-state index in [-0.39, 0.29) is 23.0 Å². The van der Waals surface area contributed by atoms with E-state index in [2.05, 4.69) is 17.0 Å². The zero-order chi connectivity index (χ0) is 25.7. The summed E-state index contributed by atoms with van der Waals surface area (Å²) < 4.78 is 34.0. The van der Waals surface area contributed by atoms with Crippen molar-refractivity contribution in [3.05, 3.63) is 88.9 Å². The molecular weight excluding hydrogens is 498 g/mol. The molecule has 9 heteroatoms. The van der Waals surface area contributed by atoms with Gasteiger partial charge in [-0.05, 0) is 42.8 Å². The van der Waals surface area contributed by atoms with E-state index in [9.17, 15) is 13.2 Å². The van der Waals surface area contributed by atoms with Gasteiger partial charge in [0.1, 0.15) is 12.3 Å². The van der Waals surface area contributed by atoms with Crippen molar-refractivity contribution in [1.82, 2.24) is 9.80 Å². The monoisotopic (exact) mass is 527 g/mol. The van der Waals surface area contributed by atoms with Gasteiger partial charge < -0.3 is 9.64 Å². The second-order valence-electron chi connectivity index (χ2n) is 8.78. The molecule has 0 aliphatic carbocycles. The highest BCUT2D eigenvalue weighted by Crippen LogP contribution is 2.35. The Kier molecular flexibility index (Phi) is 8.18. The lowest BCUT2D eigenvalue weighted by Gasteiger charge is -2.36. The molecule has 1 fully saturated rings. The fourth-order valence-electron chi connectivity index (χ4n) is 4.21. The van der Waals surface area contributed by atoms with E-state index in [1.165, 1.54) is 18.7 Å². The summed E-state index contributed by atoms with van der Waals surface area (Å²) >= 11 is 6.22. The lowest BCUT2D eigenvalue weighted by atomic mass is 10.2. The Morgan fingerprint density at radius 3 is 2.28 bits per heavy atom. The number of hydrogen-bond acceptors (Lipinski definition) is 5. The quantitative estimate of drug-likeness (QED) is 0.439. The third-order valence-electron chi connectivity index (χ3n) is 6.27. The smallest absolute Gasteiger partial charge is 0.264 e. The number of rotatable bonds is 8. The minimum Gasteiger partial charge on any atom is -0.495 e. The van der Waals surface area contributed by atoms with Crippen LogP contribution in [0.2, 0.25) is 5.02 Å². The van der Waals surface area contributed by atoms with Crippen LogP contribution in [0, 0.1) is 6.92 Å². The highest BCUT2D eigenvalue weighted by molar-refractivity contribution is 7.92. The van der Waals surface area contributed by atoms with E-state index in [4.69, 9.17) is 16.3 Å². The molecule has 1 saturated heterocycles. The third kappa shape index (κ3) is 6.00. The van der Waals surface area contributed by atoms with Crippen LogP contribution < -0.4 is 9.04 Å². The second-order valence-corrected chi connectivity index (χ2v) is 11.1. The Morgan fingerprint density at radius 1 is 0.972 bits per heavy atom. The lowest BCUT2D eigenvalue weighted by Crippen LogP contribution is -2.51. The van der Waals surface area contributed by atoms with Gasteiger partial charge in [-0.3, -0.25) is 14.0 Å². The summed E-state index contributed by atoms with van der Waals surface area (Å²) in [6.45, 7) is 4.82. The molecule has 3 aromatic rings. The van der Waals surface area contributed by atoms with Crippen LogP contribution >= 0.6 is 11.6 Å². The van der Waals surface area contributed by atoms with Crippen LogP contribution in [0.4, 0.5) is 5.69 Å². The highest BCUT2D eigenvalue weighted by Gasteiger charge is 2.32. The molecule has 1 amide bonds. The van der Waals surface area contributed by atoms with Gasteiger partial charge >= 0.3 is 0 Å². The number of nitrogens with zero attached hydrogens (tertiary/aromatic N) is 3. The Bertz CT molecular complexity index is 1290. The van der Waals surface area contributed by atoms with Crippen molar-refractivity contribution >= 4 is 33.2 Å². The maximum Gasteiger partial charge on any atom is 0.264 e. The summed E-state index contributed by atoms with van der Waals surface area (Å²) in [6.07, 6.45) is 0. The largest absolute Gasteiger partial charge is 0.495 e. The standard InChI is InChI=1S/C27H30ClN3O4S/c1-21-8-11-24(12-9-21)36(33,34)31(25-18-23(28)10-13-26(25)35-2)20-27(32)30-16-14-29(15-17-30)19-22-6-4-3-5-7-22/h3-13,18H,14-17,19-20H2,1-2H3. The van der Waals surface area contributed by atoms with Gasteiger partial charge in [-0.2, -0.15) is 0 Å². The van der Waals surface area contributed by atoms with Gasteiger partial charge in [0.15, 0.2) is 0 Å². The first-order valence-corrected chi connectivity index (χ1v) is 13.6. The summed E-state index contributed by atoms with van der Waals surface area (Å²) in [4.78, 5) is 17.5. The highest BCUT2D eigenvalue weighted by atomic mass is 35.5. The van der Waals surface area contributed by atoms with Gasteiger partial charge in [-0.1, -0.05) is 59.6 Å². The molecule has 0 N–H and O–H groups in total. The molecule has 7 nitrogen and oxygen atoms in total. The molecule has 0 aromatic heterocycles. The Morgan fingerprint density at radius 2 is 1.64 bits per heavy atom. The maximum atomic E-state index is 13.7. The Labute approximate surface area is 217 Å². The van der Waals surface area contributed by atoms with Crippen molar-refractivity contribution in [2.45, 2.75) is 18.4 Å². The molecule has 4 rings (SSSR count). The van der Waals surface area contributed by atoms with Crippen molar-refractivity contribution in [3.63, 3.8) is 0 Å². The number of amides is 1. The number of ether oxygens (including phenoxy) is 1. The maximum absolute atomic E-state index is 13.7.